The van der Waals surface area contributed by atoms with Crippen molar-refractivity contribution in [3.8, 4) is 11.5 Å². The topological polar surface area (TPSA) is 79.1 Å². The van der Waals surface area contributed by atoms with Gasteiger partial charge in [-0.25, -0.2) is 4.99 Å². The van der Waals surface area contributed by atoms with Crippen molar-refractivity contribution >= 4 is 23.4 Å². The highest BCUT2D eigenvalue weighted by molar-refractivity contribution is 7.07. The molecule has 5 rings (SSSR count). The first-order valence-electron chi connectivity index (χ1n) is 9.78. The van der Waals surface area contributed by atoms with E-state index in [0.29, 0.717) is 15.1 Å². The van der Waals surface area contributed by atoms with Gasteiger partial charge in [0.25, 0.3) is 5.56 Å². The van der Waals surface area contributed by atoms with Gasteiger partial charge in [-0.2, -0.15) is 0 Å². The first kappa shape index (κ1) is 19.6. The van der Waals surface area contributed by atoms with Gasteiger partial charge in [0.2, 0.25) is 5.72 Å². The number of para-hydroxylation sites is 1. The Kier molecular flexibility index (Phi) is 4.48. The van der Waals surface area contributed by atoms with Crippen molar-refractivity contribution in [3.63, 3.8) is 0 Å². The average molecular weight is 436 g/mol. The molecule has 158 valence electrons. The lowest BCUT2D eigenvalue weighted by Crippen LogP contribution is -2.58. The normalized spacial score (nSPS) is 23.8. The molecule has 0 saturated heterocycles. The minimum atomic E-state index is -1.17. The van der Waals surface area contributed by atoms with E-state index in [2.05, 4.69) is 0 Å². The highest BCUT2D eigenvalue weighted by Crippen LogP contribution is 2.47. The Labute approximate surface area is 181 Å². The summed E-state index contributed by atoms with van der Waals surface area (Å²) in [6.07, 6.45) is 1.82. The molecule has 7 nitrogen and oxygen atoms in total. The summed E-state index contributed by atoms with van der Waals surface area (Å²) in [5.41, 5.74) is 0.271. The van der Waals surface area contributed by atoms with Gasteiger partial charge in [0.05, 0.1) is 24.8 Å². The summed E-state index contributed by atoms with van der Waals surface area (Å²) in [6, 6.07) is 14.3. The molecule has 0 aliphatic carbocycles. The van der Waals surface area contributed by atoms with Crippen molar-refractivity contribution in [1.82, 2.24) is 4.57 Å². The summed E-state index contributed by atoms with van der Waals surface area (Å²) in [5, 5.41) is 0. The monoisotopic (exact) mass is 436 g/mol. The van der Waals surface area contributed by atoms with Gasteiger partial charge in [0, 0.05) is 5.56 Å². The van der Waals surface area contributed by atoms with E-state index in [1.54, 1.807) is 18.6 Å². The molecule has 0 fully saturated rings. The lowest BCUT2D eigenvalue weighted by Gasteiger charge is -2.44. The first-order valence-corrected chi connectivity index (χ1v) is 10.6. The van der Waals surface area contributed by atoms with E-state index in [1.807, 2.05) is 54.6 Å². The van der Waals surface area contributed by atoms with Gasteiger partial charge >= 0.3 is 5.97 Å². The third-order valence-electron chi connectivity index (χ3n) is 5.75. The van der Waals surface area contributed by atoms with Crippen LogP contribution in [0.25, 0.3) is 6.08 Å². The maximum absolute atomic E-state index is 13.5. The highest BCUT2D eigenvalue weighted by Gasteiger charge is 2.55. The van der Waals surface area contributed by atoms with Crippen LogP contribution >= 0.6 is 11.3 Å². The molecule has 3 atom stereocenters. The number of benzene rings is 2. The minimum absolute atomic E-state index is 0.197. The molecule has 0 N–H and O–H groups in total. The molecule has 8 heteroatoms. The van der Waals surface area contributed by atoms with Crippen LogP contribution in [0.1, 0.15) is 24.1 Å². The van der Waals surface area contributed by atoms with Crippen LogP contribution in [0.4, 0.5) is 0 Å². The van der Waals surface area contributed by atoms with Gasteiger partial charge < -0.3 is 14.2 Å². The fourth-order valence-electron chi connectivity index (χ4n) is 4.28. The van der Waals surface area contributed by atoms with Crippen molar-refractivity contribution in [2.45, 2.75) is 18.7 Å². The molecular weight excluding hydrogens is 416 g/mol. The Morgan fingerprint density at radius 1 is 1.19 bits per heavy atom. The lowest BCUT2D eigenvalue weighted by atomic mass is 9.81. The number of aromatic nitrogens is 1. The van der Waals surface area contributed by atoms with E-state index in [4.69, 9.17) is 19.2 Å². The maximum atomic E-state index is 13.5. The second-order valence-corrected chi connectivity index (χ2v) is 8.60. The number of hydrogen-bond donors (Lipinski definition) is 0. The van der Waals surface area contributed by atoms with Crippen molar-refractivity contribution in [2.24, 2.45) is 10.9 Å². The predicted octanol–water partition coefficient (Wildman–Crippen LogP) is 1.87. The van der Waals surface area contributed by atoms with Gasteiger partial charge in [0.1, 0.15) is 17.4 Å². The van der Waals surface area contributed by atoms with E-state index >= 15 is 0 Å². The Morgan fingerprint density at radius 3 is 2.65 bits per heavy atom. The largest absolute Gasteiger partial charge is 0.497 e. The zero-order valence-corrected chi connectivity index (χ0v) is 18.0. The molecule has 0 spiro atoms. The second-order valence-electron chi connectivity index (χ2n) is 7.59. The van der Waals surface area contributed by atoms with E-state index in [-0.39, 0.29) is 5.56 Å². The Bertz CT molecular complexity index is 1360. The fraction of sp³-hybridized carbons (Fsp3) is 0.261. The van der Waals surface area contributed by atoms with E-state index < -0.39 is 23.7 Å². The molecule has 2 aliphatic rings. The fourth-order valence-corrected chi connectivity index (χ4v) is 5.38. The highest BCUT2D eigenvalue weighted by atomic mass is 32.1. The molecule has 3 aromatic rings. The number of rotatable bonds is 3. The third kappa shape index (κ3) is 2.97. The number of nitrogens with zero attached hydrogens (tertiary/aromatic N) is 2. The molecule has 0 radical (unpaired) electrons. The van der Waals surface area contributed by atoms with Crippen LogP contribution in [-0.4, -0.2) is 30.5 Å². The van der Waals surface area contributed by atoms with E-state index in [0.717, 1.165) is 16.9 Å². The van der Waals surface area contributed by atoms with Crippen LogP contribution in [0, 0.1) is 5.92 Å². The number of esters is 1. The van der Waals surface area contributed by atoms with Crippen molar-refractivity contribution in [1.29, 1.82) is 0 Å². The molecule has 3 unspecified atom stereocenters. The number of thiazole rings is 1. The number of ether oxygens (including phenoxy) is 3. The number of hydrogen-bond acceptors (Lipinski definition) is 7. The van der Waals surface area contributed by atoms with Crippen LogP contribution in [0.3, 0.4) is 0 Å². The quantitative estimate of drug-likeness (QED) is 0.586. The summed E-state index contributed by atoms with van der Waals surface area (Å²) in [7, 11) is 2.94. The van der Waals surface area contributed by atoms with Gasteiger partial charge in [0.15, 0.2) is 4.80 Å². The average Bonchev–Trinajstić information content (AvgIpc) is 3.06. The Morgan fingerprint density at radius 2 is 1.94 bits per heavy atom. The molecule has 2 aromatic carbocycles. The molecule has 2 aliphatic heterocycles. The van der Waals surface area contributed by atoms with Crippen molar-refractivity contribution in [3.05, 3.63) is 79.3 Å². The Hall–Kier alpha value is -3.39. The molecule has 0 amide bonds. The first-order chi connectivity index (χ1) is 14.9. The number of methoxy groups -OCH3 is 2. The molecule has 1 aromatic heterocycles. The zero-order valence-electron chi connectivity index (χ0n) is 17.2. The van der Waals surface area contributed by atoms with Crippen LogP contribution in [0.2, 0.25) is 0 Å². The van der Waals surface area contributed by atoms with Crippen LogP contribution in [-0.2, 0) is 9.53 Å². The number of fused-ring (bicyclic) bond motifs is 6. The maximum Gasteiger partial charge on any atom is 0.317 e. The number of carbonyl (C=O) groups excluding carboxylic acids is 1. The van der Waals surface area contributed by atoms with Crippen LogP contribution in [0.5, 0.6) is 11.5 Å². The van der Waals surface area contributed by atoms with E-state index in [1.165, 1.54) is 18.4 Å². The second kappa shape index (κ2) is 7.09. The van der Waals surface area contributed by atoms with Gasteiger partial charge in [-0.15, -0.1) is 0 Å². The molecular formula is C23H20N2O5S. The third-order valence-corrected chi connectivity index (χ3v) is 6.73. The summed E-state index contributed by atoms with van der Waals surface area (Å²) < 4.78 is 18.6. The predicted molar refractivity (Wildman–Crippen MR) is 115 cm³/mol. The van der Waals surface area contributed by atoms with Crippen LogP contribution in [0.15, 0.2) is 58.3 Å². The summed E-state index contributed by atoms with van der Waals surface area (Å²) in [4.78, 5) is 31.5. The zero-order chi connectivity index (χ0) is 21.8. The van der Waals surface area contributed by atoms with Gasteiger partial charge in [-0.3, -0.25) is 14.2 Å². The van der Waals surface area contributed by atoms with Crippen molar-refractivity contribution < 1.29 is 19.0 Å². The Balaban J connectivity index is 1.75. The molecule has 3 heterocycles. The smallest absolute Gasteiger partial charge is 0.317 e. The molecule has 2 bridgehead atoms. The minimum Gasteiger partial charge on any atom is -0.497 e. The van der Waals surface area contributed by atoms with Crippen molar-refractivity contribution in [2.75, 3.05) is 14.2 Å². The van der Waals surface area contributed by atoms with E-state index in [9.17, 15) is 9.59 Å². The standard InChI is InChI=1S/C23H20N2O5S/c1-23-18(21(27)29-3)19(15-6-4-5-7-16(15)30-23)25-20(26)17(31-22(25)24-23)12-13-8-10-14(28-2)11-9-13/h4-12,18-19H,1-3H3/b17-12+. The molecule has 31 heavy (non-hydrogen) atoms. The SMILES string of the molecule is COC(=O)C1C2c3ccccc3OC1(C)N=c1s/c(=C/c3ccc(OC)cc3)c(=O)n12. The summed E-state index contributed by atoms with van der Waals surface area (Å²) in [5.74, 6) is 0.116. The summed E-state index contributed by atoms with van der Waals surface area (Å²) in [6.45, 7) is 1.76. The van der Waals surface area contributed by atoms with Crippen LogP contribution < -0.4 is 24.4 Å². The van der Waals surface area contributed by atoms with Gasteiger partial charge in [-0.05, 0) is 36.8 Å². The molecule has 0 saturated carbocycles. The van der Waals surface area contributed by atoms with Gasteiger partial charge in [-0.1, -0.05) is 41.7 Å². The number of carbonyl (C=O) groups is 1. The summed E-state index contributed by atoms with van der Waals surface area (Å²) >= 11 is 1.28. The lowest BCUT2D eigenvalue weighted by molar-refractivity contribution is -0.158.